The normalized spacial score (nSPS) is 15.6. The minimum Gasteiger partial charge on any atom is -0.462 e. The van der Waals surface area contributed by atoms with E-state index in [0.717, 1.165) is 6.42 Å². The first-order chi connectivity index (χ1) is 17.1. The molecule has 192 valence electrons. The summed E-state index contributed by atoms with van der Waals surface area (Å²) < 4.78 is 5.53. The van der Waals surface area contributed by atoms with Crippen LogP contribution < -0.4 is 16.0 Å². The van der Waals surface area contributed by atoms with E-state index in [2.05, 4.69) is 16.0 Å². The number of benzene rings is 2. The minimum atomic E-state index is -0.731. The molecule has 36 heavy (non-hydrogen) atoms. The number of allylic oxidation sites excluding steroid dienone is 1. The van der Waals surface area contributed by atoms with Crippen LogP contribution in [0.1, 0.15) is 45.7 Å². The molecule has 2 aromatic carbocycles. The number of carbonyl (C=O) groups excluding carboxylic acids is 3. The maximum atomic E-state index is 13.1. The monoisotopic (exact) mass is 532 g/mol. The van der Waals surface area contributed by atoms with Gasteiger partial charge in [0, 0.05) is 23.6 Å². The van der Waals surface area contributed by atoms with Crippen LogP contribution >= 0.6 is 23.2 Å². The molecule has 3 rings (SSSR count). The van der Waals surface area contributed by atoms with Gasteiger partial charge in [-0.2, -0.15) is 0 Å². The van der Waals surface area contributed by atoms with E-state index in [9.17, 15) is 14.4 Å². The van der Waals surface area contributed by atoms with E-state index in [4.69, 9.17) is 27.9 Å². The summed E-state index contributed by atoms with van der Waals surface area (Å²) in [5.74, 6) is -0.317. The summed E-state index contributed by atoms with van der Waals surface area (Å²) in [6.45, 7) is 8.36. The first-order valence-electron chi connectivity index (χ1n) is 11.7. The van der Waals surface area contributed by atoms with Gasteiger partial charge in [-0.1, -0.05) is 56.1 Å². The van der Waals surface area contributed by atoms with E-state index >= 15 is 0 Å². The van der Waals surface area contributed by atoms with Crippen LogP contribution in [0, 0.1) is 5.92 Å². The topological polar surface area (TPSA) is 99.8 Å². The van der Waals surface area contributed by atoms with Crippen LogP contribution in [0.4, 0.5) is 21.0 Å². The third-order valence-corrected chi connectivity index (χ3v) is 6.21. The summed E-state index contributed by atoms with van der Waals surface area (Å²) in [5.41, 5.74) is 2.49. The number of hydrogen-bond acceptors (Lipinski definition) is 4. The number of carbonyl (C=O) groups is 3. The Morgan fingerprint density at radius 1 is 1.08 bits per heavy atom. The van der Waals surface area contributed by atoms with Gasteiger partial charge in [0.1, 0.15) is 0 Å². The summed E-state index contributed by atoms with van der Waals surface area (Å²) >= 11 is 11.9. The van der Waals surface area contributed by atoms with Crippen molar-refractivity contribution in [2.45, 2.75) is 40.2 Å². The van der Waals surface area contributed by atoms with E-state index in [1.54, 1.807) is 54.3 Å². The van der Waals surface area contributed by atoms with Gasteiger partial charge in [0.2, 0.25) is 0 Å². The lowest BCUT2D eigenvalue weighted by atomic mass is 9.94. The standard InChI is InChI=1S/C26H30Cl2N4O4/c1-5-11-32-16(4)22(24(33)36-14-15(2)3)23(31-26(32)35)17-7-6-8-18(12-17)29-25(34)30-19-9-10-20(27)21(28)13-19/h6-10,12-13,15,23H,5,11,14H2,1-4H3,(H,31,35)(H2,29,30,34). The molecular weight excluding hydrogens is 503 g/mol. The van der Waals surface area contributed by atoms with Gasteiger partial charge < -0.3 is 20.7 Å². The molecule has 0 saturated heterocycles. The maximum absolute atomic E-state index is 13.1. The van der Waals surface area contributed by atoms with Crippen LogP contribution in [0.2, 0.25) is 10.0 Å². The molecule has 1 heterocycles. The second-order valence-corrected chi connectivity index (χ2v) is 9.67. The summed E-state index contributed by atoms with van der Waals surface area (Å²) in [7, 11) is 0. The second kappa shape index (κ2) is 12.1. The number of nitrogens with zero attached hydrogens (tertiary/aromatic N) is 1. The number of ether oxygens (including phenoxy) is 1. The van der Waals surface area contributed by atoms with Crippen molar-refractivity contribution in [2.75, 3.05) is 23.8 Å². The summed E-state index contributed by atoms with van der Waals surface area (Å²) in [5, 5.41) is 9.08. The molecule has 0 spiro atoms. The van der Waals surface area contributed by atoms with Crippen LogP contribution in [-0.2, 0) is 9.53 Å². The molecule has 0 radical (unpaired) electrons. The zero-order chi connectivity index (χ0) is 26.4. The van der Waals surface area contributed by atoms with Gasteiger partial charge in [0.05, 0.1) is 28.3 Å². The molecule has 0 aliphatic carbocycles. The molecule has 4 amide bonds. The molecule has 1 atom stereocenters. The fourth-order valence-electron chi connectivity index (χ4n) is 3.77. The fraction of sp³-hybridized carbons (Fsp3) is 0.346. The van der Waals surface area contributed by atoms with Crippen molar-refractivity contribution in [3.05, 3.63) is 69.3 Å². The van der Waals surface area contributed by atoms with Crippen molar-refractivity contribution in [1.29, 1.82) is 0 Å². The molecular formula is C26H30Cl2N4O4. The van der Waals surface area contributed by atoms with Gasteiger partial charge in [0.15, 0.2) is 0 Å². The number of halogens is 2. The highest BCUT2D eigenvalue weighted by atomic mass is 35.5. The minimum absolute atomic E-state index is 0.166. The predicted molar refractivity (Wildman–Crippen MR) is 142 cm³/mol. The molecule has 2 aromatic rings. The maximum Gasteiger partial charge on any atom is 0.338 e. The molecule has 8 nitrogen and oxygen atoms in total. The van der Waals surface area contributed by atoms with Crippen LogP contribution in [-0.4, -0.2) is 36.1 Å². The van der Waals surface area contributed by atoms with Crippen molar-refractivity contribution < 1.29 is 19.1 Å². The lowest BCUT2D eigenvalue weighted by molar-refractivity contribution is -0.140. The first-order valence-corrected chi connectivity index (χ1v) is 12.4. The van der Waals surface area contributed by atoms with Crippen molar-refractivity contribution in [1.82, 2.24) is 10.2 Å². The molecule has 0 aromatic heterocycles. The number of rotatable bonds is 8. The number of anilines is 2. The average Bonchev–Trinajstić information content (AvgIpc) is 2.82. The van der Waals surface area contributed by atoms with Gasteiger partial charge >= 0.3 is 18.0 Å². The zero-order valence-corrected chi connectivity index (χ0v) is 22.2. The molecule has 1 unspecified atom stereocenters. The Hall–Kier alpha value is -3.23. The fourth-order valence-corrected chi connectivity index (χ4v) is 4.07. The number of esters is 1. The van der Waals surface area contributed by atoms with Gasteiger partial charge in [-0.15, -0.1) is 0 Å². The number of urea groups is 2. The summed E-state index contributed by atoms with van der Waals surface area (Å²) in [4.78, 5) is 40.1. The van der Waals surface area contributed by atoms with Crippen molar-refractivity contribution >= 4 is 52.6 Å². The molecule has 0 bridgehead atoms. The Morgan fingerprint density at radius 3 is 2.42 bits per heavy atom. The highest BCUT2D eigenvalue weighted by molar-refractivity contribution is 6.42. The lowest BCUT2D eigenvalue weighted by Gasteiger charge is -2.35. The molecule has 0 saturated carbocycles. The molecule has 3 N–H and O–H groups in total. The molecule has 10 heteroatoms. The van der Waals surface area contributed by atoms with E-state index in [-0.39, 0.29) is 18.6 Å². The zero-order valence-electron chi connectivity index (χ0n) is 20.7. The largest absolute Gasteiger partial charge is 0.462 e. The van der Waals surface area contributed by atoms with Crippen LogP contribution in [0.15, 0.2) is 53.7 Å². The quantitative estimate of drug-likeness (QED) is 0.334. The number of hydrogen-bond donors (Lipinski definition) is 3. The van der Waals surface area contributed by atoms with Crippen molar-refractivity contribution in [2.24, 2.45) is 5.92 Å². The smallest absolute Gasteiger partial charge is 0.338 e. The van der Waals surface area contributed by atoms with Crippen molar-refractivity contribution in [3.63, 3.8) is 0 Å². The third kappa shape index (κ3) is 6.71. The van der Waals surface area contributed by atoms with Crippen molar-refractivity contribution in [3.8, 4) is 0 Å². The number of nitrogens with one attached hydrogen (secondary N) is 3. The Morgan fingerprint density at radius 2 is 1.78 bits per heavy atom. The molecule has 1 aliphatic rings. The van der Waals surface area contributed by atoms with Crippen LogP contribution in [0.5, 0.6) is 0 Å². The predicted octanol–water partition coefficient (Wildman–Crippen LogP) is 6.59. The van der Waals surface area contributed by atoms with Gasteiger partial charge in [0.25, 0.3) is 0 Å². The SMILES string of the molecule is CCCN1C(=O)NC(c2cccc(NC(=O)Nc3ccc(Cl)c(Cl)c3)c2)C(C(=O)OCC(C)C)=C1C. The Balaban J connectivity index is 1.86. The Labute approximate surface area is 221 Å². The van der Waals surface area contributed by atoms with Gasteiger partial charge in [-0.3, -0.25) is 4.90 Å². The first kappa shape index (κ1) is 27.4. The summed E-state index contributed by atoms with van der Waals surface area (Å²) in [6.07, 6.45) is 0.733. The third-order valence-electron chi connectivity index (χ3n) is 5.47. The highest BCUT2D eigenvalue weighted by Gasteiger charge is 2.36. The van der Waals surface area contributed by atoms with Gasteiger partial charge in [-0.25, -0.2) is 14.4 Å². The van der Waals surface area contributed by atoms with E-state index in [0.29, 0.717) is 44.8 Å². The summed E-state index contributed by atoms with van der Waals surface area (Å²) in [6, 6.07) is 10.2. The van der Waals surface area contributed by atoms with Crippen LogP contribution in [0.3, 0.4) is 0 Å². The lowest BCUT2D eigenvalue weighted by Crippen LogP contribution is -2.48. The van der Waals surface area contributed by atoms with E-state index in [1.807, 2.05) is 20.8 Å². The molecule has 1 aliphatic heterocycles. The van der Waals surface area contributed by atoms with E-state index in [1.165, 1.54) is 0 Å². The van der Waals surface area contributed by atoms with Crippen LogP contribution in [0.25, 0.3) is 0 Å². The number of amides is 4. The Kier molecular flexibility index (Phi) is 9.23. The second-order valence-electron chi connectivity index (χ2n) is 8.86. The van der Waals surface area contributed by atoms with Gasteiger partial charge in [-0.05, 0) is 55.2 Å². The molecule has 0 fully saturated rings. The average molecular weight is 533 g/mol. The highest BCUT2D eigenvalue weighted by Crippen LogP contribution is 2.33. The van der Waals surface area contributed by atoms with E-state index < -0.39 is 18.0 Å². The Bertz CT molecular complexity index is 1180.